The zero-order valence-corrected chi connectivity index (χ0v) is 12.5. The SMILES string of the molecule is COc1ccc(/C=C/C(=O)NCc2cnn(C)c2C)cc1. The maximum Gasteiger partial charge on any atom is 0.244 e. The first kappa shape index (κ1) is 14.8. The summed E-state index contributed by atoms with van der Waals surface area (Å²) in [6, 6.07) is 7.51. The van der Waals surface area contributed by atoms with Crippen molar-refractivity contribution in [2.24, 2.45) is 7.05 Å². The van der Waals surface area contributed by atoms with Crippen LogP contribution in [-0.4, -0.2) is 22.8 Å². The van der Waals surface area contributed by atoms with Gasteiger partial charge < -0.3 is 10.1 Å². The molecule has 0 fully saturated rings. The number of carbonyl (C=O) groups excluding carboxylic acids is 1. The van der Waals surface area contributed by atoms with Crippen molar-refractivity contribution >= 4 is 12.0 Å². The number of amides is 1. The van der Waals surface area contributed by atoms with Crippen LogP contribution in [0.4, 0.5) is 0 Å². The molecule has 0 radical (unpaired) electrons. The average Bonchev–Trinajstić information content (AvgIpc) is 2.83. The lowest BCUT2D eigenvalue weighted by Crippen LogP contribution is -2.20. The monoisotopic (exact) mass is 285 g/mol. The molecular formula is C16H19N3O2. The molecule has 0 saturated carbocycles. The van der Waals surface area contributed by atoms with Gasteiger partial charge in [0.25, 0.3) is 0 Å². The van der Waals surface area contributed by atoms with E-state index < -0.39 is 0 Å². The van der Waals surface area contributed by atoms with E-state index in [1.807, 2.05) is 38.2 Å². The van der Waals surface area contributed by atoms with Crippen molar-refractivity contribution in [3.05, 3.63) is 53.4 Å². The molecule has 2 rings (SSSR count). The first-order valence-corrected chi connectivity index (χ1v) is 6.67. The molecule has 0 aliphatic rings. The molecule has 1 aromatic carbocycles. The van der Waals surface area contributed by atoms with Gasteiger partial charge in [0.05, 0.1) is 13.3 Å². The van der Waals surface area contributed by atoms with Gasteiger partial charge in [0.15, 0.2) is 0 Å². The quantitative estimate of drug-likeness (QED) is 0.856. The molecule has 2 aromatic rings. The van der Waals surface area contributed by atoms with Crippen molar-refractivity contribution in [3.63, 3.8) is 0 Å². The third-order valence-electron chi connectivity index (χ3n) is 3.33. The Labute approximate surface area is 124 Å². The molecule has 1 amide bonds. The second-order valence-electron chi connectivity index (χ2n) is 4.70. The predicted molar refractivity (Wildman–Crippen MR) is 81.8 cm³/mol. The average molecular weight is 285 g/mol. The van der Waals surface area contributed by atoms with Gasteiger partial charge in [-0.05, 0) is 30.7 Å². The number of hydrogen-bond donors (Lipinski definition) is 1. The first-order valence-electron chi connectivity index (χ1n) is 6.67. The van der Waals surface area contributed by atoms with Gasteiger partial charge in [0.2, 0.25) is 5.91 Å². The molecule has 0 saturated heterocycles. The minimum Gasteiger partial charge on any atom is -0.497 e. The second-order valence-corrected chi connectivity index (χ2v) is 4.70. The van der Waals surface area contributed by atoms with Crippen LogP contribution >= 0.6 is 0 Å². The Balaban J connectivity index is 1.88. The number of ether oxygens (including phenoxy) is 1. The summed E-state index contributed by atoms with van der Waals surface area (Å²) in [5, 5.41) is 6.98. The first-order chi connectivity index (χ1) is 10.1. The van der Waals surface area contributed by atoms with Crippen molar-refractivity contribution in [2.45, 2.75) is 13.5 Å². The molecular weight excluding hydrogens is 266 g/mol. The standard InChI is InChI=1S/C16H19N3O2/c1-12-14(11-18-19(12)2)10-17-16(20)9-6-13-4-7-15(21-3)8-5-13/h4-9,11H,10H2,1-3H3,(H,17,20)/b9-6+. The molecule has 0 aliphatic heterocycles. The molecule has 1 heterocycles. The van der Waals surface area contributed by atoms with Gasteiger partial charge >= 0.3 is 0 Å². The van der Waals surface area contributed by atoms with Gasteiger partial charge in [-0.25, -0.2) is 0 Å². The number of benzene rings is 1. The fourth-order valence-corrected chi connectivity index (χ4v) is 1.85. The minimum atomic E-state index is -0.130. The van der Waals surface area contributed by atoms with Crippen molar-refractivity contribution in [1.29, 1.82) is 0 Å². The van der Waals surface area contributed by atoms with Crippen LogP contribution in [0.25, 0.3) is 6.08 Å². The third-order valence-corrected chi connectivity index (χ3v) is 3.33. The van der Waals surface area contributed by atoms with Gasteiger partial charge in [0, 0.05) is 30.9 Å². The highest BCUT2D eigenvalue weighted by Gasteiger charge is 2.04. The third kappa shape index (κ3) is 3.95. The van der Waals surface area contributed by atoms with E-state index in [0.29, 0.717) is 6.54 Å². The van der Waals surface area contributed by atoms with Crippen LogP contribution in [0.3, 0.4) is 0 Å². The molecule has 0 bridgehead atoms. The molecule has 21 heavy (non-hydrogen) atoms. The Hall–Kier alpha value is -2.56. The summed E-state index contributed by atoms with van der Waals surface area (Å²) in [7, 11) is 3.50. The fraction of sp³-hybridized carbons (Fsp3) is 0.250. The van der Waals surface area contributed by atoms with E-state index >= 15 is 0 Å². The number of aromatic nitrogens is 2. The number of nitrogens with one attached hydrogen (secondary N) is 1. The Bertz CT molecular complexity index is 642. The summed E-state index contributed by atoms with van der Waals surface area (Å²) in [6.45, 7) is 2.45. The van der Waals surface area contributed by atoms with E-state index in [-0.39, 0.29) is 5.91 Å². The summed E-state index contributed by atoms with van der Waals surface area (Å²) in [5.41, 5.74) is 3.02. The summed E-state index contributed by atoms with van der Waals surface area (Å²) in [6.07, 6.45) is 5.06. The number of methoxy groups -OCH3 is 1. The molecule has 1 aromatic heterocycles. The normalized spacial score (nSPS) is 10.8. The summed E-state index contributed by atoms with van der Waals surface area (Å²) < 4.78 is 6.87. The maximum absolute atomic E-state index is 11.8. The molecule has 5 heteroatoms. The smallest absolute Gasteiger partial charge is 0.244 e. The van der Waals surface area contributed by atoms with E-state index in [4.69, 9.17) is 4.74 Å². The highest BCUT2D eigenvalue weighted by atomic mass is 16.5. The highest BCUT2D eigenvalue weighted by Crippen LogP contribution is 2.12. The van der Waals surface area contributed by atoms with E-state index in [0.717, 1.165) is 22.6 Å². The Kier molecular flexibility index (Phi) is 4.77. The van der Waals surface area contributed by atoms with Crippen LogP contribution < -0.4 is 10.1 Å². The Morgan fingerprint density at radius 3 is 2.67 bits per heavy atom. The van der Waals surface area contributed by atoms with E-state index in [9.17, 15) is 4.79 Å². The van der Waals surface area contributed by atoms with Crippen LogP contribution in [0.5, 0.6) is 5.75 Å². The van der Waals surface area contributed by atoms with Gasteiger partial charge in [-0.15, -0.1) is 0 Å². The van der Waals surface area contributed by atoms with Crippen LogP contribution in [0, 0.1) is 6.92 Å². The van der Waals surface area contributed by atoms with E-state index in [1.54, 1.807) is 24.1 Å². The van der Waals surface area contributed by atoms with Gasteiger partial charge in [-0.3, -0.25) is 9.48 Å². The molecule has 0 atom stereocenters. The van der Waals surface area contributed by atoms with E-state index in [2.05, 4.69) is 10.4 Å². The summed E-state index contributed by atoms with van der Waals surface area (Å²) >= 11 is 0. The second kappa shape index (κ2) is 6.74. The molecule has 0 spiro atoms. The zero-order chi connectivity index (χ0) is 15.2. The number of aryl methyl sites for hydroxylation is 1. The van der Waals surface area contributed by atoms with Crippen molar-refractivity contribution < 1.29 is 9.53 Å². The maximum atomic E-state index is 11.8. The van der Waals surface area contributed by atoms with Crippen LogP contribution in [0.2, 0.25) is 0 Å². The lowest BCUT2D eigenvalue weighted by Gasteiger charge is -2.02. The Morgan fingerprint density at radius 2 is 2.10 bits per heavy atom. The lowest BCUT2D eigenvalue weighted by molar-refractivity contribution is -0.116. The molecule has 0 unspecified atom stereocenters. The minimum absolute atomic E-state index is 0.130. The van der Waals surface area contributed by atoms with Crippen molar-refractivity contribution in [3.8, 4) is 5.75 Å². The summed E-state index contributed by atoms with van der Waals surface area (Å²) in [5.74, 6) is 0.665. The lowest BCUT2D eigenvalue weighted by atomic mass is 10.2. The predicted octanol–water partition coefficient (Wildman–Crippen LogP) is 2.07. The highest BCUT2D eigenvalue weighted by molar-refractivity contribution is 5.91. The number of nitrogens with zero attached hydrogens (tertiary/aromatic N) is 2. The molecule has 5 nitrogen and oxygen atoms in total. The Morgan fingerprint density at radius 1 is 1.38 bits per heavy atom. The number of hydrogen-bond acceptors (Lipinski definition) is 3. The van der Waals surface area contributed by atoms with Crippen LogP contribution in [-0.2, 0) is 18.4 Å². The largest absolute Gasteiger partial charge is 0.497 e. The van der Waals surface area contributed by atoms with Gasteiger partial charge in [-0.2, -0.15) is 5.10 Å². The van der Waals surface area contributed by atoms with Crippen molar-refractivity contribution in [1.82, 2.24) is 15.1 Å². The fourth-order valence-electron chi connectivity index (χ4n) is 1.85. The number of rotatable bonds is 5. The zero-order valence-electron chi connectivity index (χ0n) is 12.5. The van der Waals surface area contributed by atoms with Gasteiger partial charge in [-0.1, -0.05) is 12.1 Å². The van der Waals surface area contributed by atoms with Crippen LogP contribution in [0.15, 0.2) is 36.5 Å². The van der Waals surface area contributed by atoms with Crippen LogP contribution in [0.1, 0.15) is 16.8 Å². The topological polar surface area (TPSA) is 56.1 Å². The number of carbonyl (C=O) groups is 1. The van der Waals surface area contributed by atoms with E-state index in [1.165, 1.54) is 6.08 Å². The molecule has 1 N–H and O–H groups in total. The van der Waals surface area contributed by atoms with Gasteiger partial charge in [0.1, 0.15) is 5.75 Å². The molecule has 0 aliphatic carbocycles. The van der Waals surface area contributed by atoms with Crippen molar-refractivity contribution in [2.75, 3.05) is 7.11 Å². The summed E-state index contributed by atoms with van der Waals surface area (Å²) in [4.78, 5) is 11.8. The molecule has 110 valence electrons.